The average Bonchev–Trinajstić information content (AvgIpc) is 3.35. The maximum absolute atomic E-state index is 13.2. The second-order valence-corrected chi connectivity index (χ2v) is 8.97. The lowest BCUT2D eigenvalue weighted by Gasteiger charge is -2.11. The van der Waals surface area contributed by atoms with Gasteiger partial charge >= 0.3 is 5.97 Å². The normalized spacial score (nSPS) is 10.9. The van der Waals surface area contributed by atoms with Crippen molar-refractivity contribution in [1.29, 1.82) is 0 Å². The molecule has 0 bridgehead atoms. The number of rotatable bonds is 10. The second-order valence-electron chi connectivity index (χ2n) is 6.93. The molecule has 1 aromatic carbocycles. The minimum atomic E-state index is -0.478. The van der Waals surface area contributed by atoms with Crippen LogP contribution in [0.15, 0.2) is 35.7 Å². The summed E-state index contributed by atoms with van der Waals surface area (Å²) in [5.41, 5.74) is 9.44. The second kappa shape index (κ2) is 10.6. The van der Waals surface area contributed by atoms with E-state index in [-0.39, 0.29) is 11.8 Å². The molecular formula is C22H24FN3O3S2. The Bertz CT molecular complexity index is 1060. The minimum Gasteiger partial charge on any atom is -0.468 e. The molecule has 164 valence electrons. The zero-order valence-corrected chi connectivity index (χ0v) is 19.0. The number of nitrogens with two attached hydrogens (primary N) is 1. The van der Waals surface area contributed by atoms with Gasteiger partial charge in [0.05, 0.1) is 34.8 Å². The van der Waals surface area contributed by atoms with Gasteiger partial charge in [-0.2, -0.15) is 0 Å². The van der Waals surface area contributed by atoms with Crippen LogP contribution in [0.2, 0.25) is 0 Å². The first-order valence-corrected chi connectivity index (χ1v) is 11.8. The number of nitrogens with zero attached hydrogens (tertiary/aromatic N) is 2. The summed E-state index contributed by atoms with van der Waals surface area (Å²) in [4.78, 5) is 27.8. The van der Waals surface area contributed by atoms with E-state index in [1.807, 2.05) is 16.9 Å². The van der Waals surface area contributed by atoms with Gasteiger partial charge in [-0.05, 0) is 37.1 Å². The maximum atomic E-state index is 13.2. The number of esters is 1. The van der Waals surface area contributed by atoms with Crippen LogP contribution in [0.3, 0.4) is 0 Å². The van der Waals surface area contributed by atoms with Crippen molar-refractivity contribution in [2.45, 2.75) is 26.3 Å². The molecule has 6 nitrogen and oxygen atoms in total. The molecule has 0 aliphatic carbocycles. The van der Waals surface area contributed by atoms with Crippen LogP contribution in [-0.4, -0.2) is 40.0 Å². The molecule has 0 unspecified atom stereocenters. The molecule has 2 heterocycles. The molecule has 3 aromatic rings. The van der Waals surface area contributed by atoms with Gasteiger partial charge in [0, 0.05) is 29.8 Å². The van der Waals surface area contributed by atoms with Crippen molar-refractivity contribution in [1.82, 2.24) is 9.55 Å². The molecule has 2 N–H and O–H groups in total. The van der Waals surface area contributed by atoms with E-state index in [1.165, 1.54) is 31.0 Å². The monoisotopic (exact) mass is 461 g/mol. The summed E-state index contributed by atoms with van der Waals surface area (Å²) in [6.07, 6.45) is 1.42. The molecule has 1 amide bonds. The first-order valence-electron chi connectivity index (χ1n) is 9.72. The molecule has 9 heteroatoms. The van der Waals surface area contributed by atoms with Crippen molar-refractivity contribution in [3.05, 3.63) is 63.4 Å². The van der Waals surface area contributed by atoms with Crippen LogP contribution in [0.1, 0.15) is 26.6 Å². The highest BCUT2D eigenvalue weighted by Gasteiger charge is 2.18. The van der Waals surface area contributed by atoms with Crippen LogP contribution in [0.25, 0.3) is 11.4 Å². The molecule has 0 saturated carbocycles. The summed E-state index contributed by atoms with van der Waals surface area (Å²) in [5.74, 6) is 0.103. The van der Waals surface area contributed by atoms with Crippen LogP contribution >= 0.6 is 23.1 Å². The topological polar surface area (TPSA) is 87.2 Å². The van der Waals surface area contributed by atoms with Gasteiger partial charge in [0.15, 0.2) is 0 Å². The lowest BCUT2D eigenvalue weighted by Crippen LogP contribution is -2.13. The van der Waals surface area contributed by atoms with Crippen molar-refractivity contribution in [2.24, 2.45) is 5.73 Å². The molecule has 0 aliphatic rings. The van der Waals surface area contributed by atoms with Crippen molar-refractivity contribution < 1.29 is 18.7 Å². The number of carbonyl (C=O) groups is 2. The zero-order chi connectivity index (χ0) is 22.4. The van der Waals surface area contributed by atoms with E-state index >= 15 is 0 Å². The van der Waals surface area contributed by atoms with E-state index in [0.717, 1.165) is 39.8 Å². The first-order chi connectivity index (χ1) is 14.9. The van der Waals surface area contributed by atoms with E-state index in [1.54, 1.807) is 29.5 Å². The van der Waals surface area contributed by atoms with E-state index in [9.17, 15) is 14.0 Å². The molecule has 0 radical (unpaired) electrons. The van der Waals surface area contributed by atoms with Crippen molar-refractivity contribution >= 4 is 35.0 Å². The number of methoxy groups -OCH3 is 1. The number of benzene rings is 1. The zero-order valence-electron chi connectivity index (χ0n) is 17.4. The number of hydrogen-bond acceptors (Lipinski definition) is 6. The fraction of sp³-hybridized carbons (Fsp3) is 0.318. The number of carbonyl (C=O) groups excluding carboxylic acids is 2. The highest BCUT2D eigenvalue weighted by Crippen LogP contribution is 2.28. The molecular weight excluding hydrogens is 437 g/mol. The first kappa shape index (κ1) is 23.0. The predicted octanol–water partition coefficient (Wildman–Crippen LogP) is 3.85. The number of thioether (sulfide) groups is 1. The van der Waals surface area contributed by atoms with E-state index < -0.39 is 5.91 Å². The van der Waals surface area contributed by atoms with Gasteiger partial charge in [-0.1, -0.05) is 12.1 Å². The van der Waals surface area contributed by atoms with Gasteiger partial charge in [0.1, 0.15) is 5.82 Å². The van der Waals surface area contributed by atoms with E-state index in [0.29, 0.717) is 24.3 Å². The van der Waals surface area contributed by atoms with Crippen molar-refractivity contribution in [2.75, 3.05) is 18.6 Å². The molecule has 31 heavy (non-hydrogen) atoms. The minimum absolute atomic E-state index is 0.238. The molecule has 0 fully saturated rings. The number of aromatic nitrogens is 2. The van der Waals surface area contributed by atoms with E-state index in [2.05, 4.69) is 4.74 Å². The number of hydrogen-bond donors (Lipinski definition) is 1. The lowest BCUT2D eigenvalue weighted by molar-refractivity contribution is -0.137. The summed E-state index contributed by atoms with van der Waals surface area (Å²) < 4.78 is 19.9. The largest absolute Gasteiger partial charge is 0.468 e. The summed E-state index contributed by atoms with van der Waals surface area (Å²) in [7, 11) is 1.38. The Morgan fingerprint density at radius 3 is 2.68 bits per heavy atom. The standard InChI is InChI=1S/C22H24FN3O3S2/c1-14-17(22(24)28)11-19(26(14)9-7-15-3-5-16(23)6-4-15)18-12-31-20(25-18)8-10-30-13-21(27)29-2/h3-6,11-12H,7-10,13H2,1-2H3,(H2,24,28). The fourth-order valence-corrected chi connectivity index (χ4v) is 4.89. The SMILES string of the molecule is COC(=O)CSCCc1nc(-c2cc(C(N)=O)c(C)n2CCc2ccc(F)cc2)cs1. The Morgan fingerprint density at radius 2 is 2.00 bits per heavy atom. The molecule has 2 aromatic heterocycles. The van der Waals surface area contributed by atoms with Crippen LogP contribution in [0.4, 0.5) is 4.39 Å². The Kier molecular flexibility index (Phi) is 7.86. The highest BCUT2D eigenvalue weighted by molar-refractivity contribution is 7.99. The Labute approximate surface area is 188 Å². The quantitative estimate of drug-likeness (QED) is 0.366. The number of primary amides is 1. The third-order valence-electron chi connectivity index (χ3n) is 4.89. The Hall–Kier alpha value is -2.65. The van der Waals surface area contributed by atoms with Crippen LogP contribution in [0.5, 0.6) is 0 Å². The average molecular weight is 462 g/mol. The highest BCUT2D eigenvalue weighted by atomic mass is 32.2. The number of aryl methyl sites for hydroxylation is 2. The number of amides is 1. The van der Waals surface area contributed by atoms with Crippen LogP contribution < -0.4 is 5.73 Å². The number of ether oxygens (including phenoxy) is 1. The van der Waals surface area contributed by atoms with Crippen LogP contribution in [-0.2, 0) is 28.9 Å². The maximum Gasteiger partial charge on any atom is 0.315 e. The smallest absolute Gasteiger partial charge is 0.315 e. The summed E-state index contributed by atoms with van der Waals surface area (Å²) >= 11 is 3.05. The van der Waals surface area contributed by atoms with Gasteiger partial charge < -0.3 is 15.0 Å². The Balaban J connectivity index is 1.76. The molecule has 0 spiro atoms. The number of thiazole rings is 1. The van der Waals surface area contributed by atoms with Gasteiger partial charge in [-0.15, -0.1) is 23.1 Å². The molecule has 0 atom stereocenters. The molecule has 0 saturated heterocycles. The summed E-state index contributed by atoms with van der Waals surface area (Å²) in [5, 5.41) is 2.92. The van der Waals surface area contributed by atoms with Gasteiger partial charge in [-0.3, -0.25) is 9.59 Å². The lowest BCUT2D eigenvalue weighted by atomic mass is 10.1. The fourth-order valence-electron chi connectivity index (χ4n) is 3.20. The molecule has 3 rings (SSSR count). The molecule has 0 aliphatic heterocycles. The predicted molar refractivity (Wildman–Crippen MR) is 122 cm³/mol. The summed E-state index contributed by atoms with van der Waals surface area (Å²) in [6.45, 7) is 2.48. The van der Waals surface area contributed by atoms with Gasteiger partial charge in [-0.25, -0.2) is 9.37 Å². The van der Waals surface area contributed by atoms with E-state index in [4.69, 9.17) is 10.7 Å². The third kappa shape index (κ3) is 5.95. The van der Waals surface area contributed by atoms with Crippen molar-refractivity contribution in [3.63, 3.8) is 0 Å². The van der Waals surface area contributed by atoms with Gasteiger partial charge in [0.25, 0.3) is 5.91 Å². The third-order valence-corrected chi connectivity index (χ3v) is 6.73. The summed E-state index contributed by atoms with van der Waals surface area (Å²) in [6, 6.07) is 8.19. The number of halogens is 1. The Morgan fingerprint density at radius 1 is 1.26 bits per heavy atom. The van der Waals surface area contributed by atoms with Crippen LogP contribution in [0, 0.1) is 12.7 Å². The van der Waals surface area contributed by atoms with Crippen molar-refractivity contribution in [3.8, 4) is 11.4 Å². The van der Waals surface area contributed by atoms with Gasteiger partial charge in [0.2, 0.25) is 0 Å².